The van der Waals surface area contributed by atoms with Crippen molar-refractivity contribution in [3.63, 3.8) is 0 Å². The number of ether oxygens (including phenoxy) is 1. The van der Waals surface area contributed by atoms with Crippen LogP contribution in [-0.4, -0.2) is 11.9 Å². The van der Waals surface area contributed by atoms with Gasteiger partial charge in [-0.05, 0) is 61.1 Å². The molecule has 2 fully saturated rings. The summed E-state index contributed by atoms with van der Waals surface area (Å²) in [7, 11) is 0. The van der Waals surface area contributed by atoms with E-state index in [4.69, 9.17) is 4.74 Å². The van der Waals surface area contributed by atoms with E-state index >= 15 is 0 Å². The Bertz CT molecular complexity index is 422. The number of rotatable bonds is 5. The second-order valence-corrected chi connectivity index (χ2v) is 7.33. The number of hydrogen-bond acceptors (Lipinski definition) is 1. The van der Waals surface area contributed by atoms with E-state index in [0.29, 0.717) is 5.41 Å². The fraction of sp³-hybridized carbons (Fsp3) is 0.600. The predicted molar refractivity (Wildman–Crippen MR) is 81.3 cm³/mol. The highest BCUT2D eigenvalue weighted by Crippen LogP contribution is 2.61. The summed E-state index contributed by atoms with van der Waals surface area (Å²) in [5.41, 5.74) is 0.513. The quantitative estimate of drug-likeness (QED) is 0.657. The number of halogens is 2. The van der Waals surface area contributed by atoms with Gasteiger partial charge < -0.3 is 4.74 Å². The van der Waals surface area contributed by atoms with Crippen molar-refractivity contribution in [3.8, 4) is 5.75 Å². The van der Waals surface area contributed by atoms with Crippen molar-refractivity contribution < 1.29 is 4.74 Å². The molecule has 1 aromatic carbocycles. The van der Waals surface area contributed by atoms with Gasteiger partial charge in [-0.2, -0.15) is 0 Å². The van der Waals surface area contributed by atoms with Gasteiger partial charge in [0.25, 0.3) is 0 Å². The lowest BCUT2D eigenvalue weighted by Crippen LogP contribution is -2.23. The molecule has 0 amide bonds. The zero-order valence-electron chi connectivity index (χ0n) is 10.4. The molecule has 3 heteroatoms. The molecular weight excluding hydrogens is 356 g/mol. The van der Waals surface area contributed by atoms with Crippen LogP contribution in [0.1, 0.15) is 25.7 Å². The van der Waals surface area contributed by atoms with Gasteiger partial charge in [0.15, 0.2) is 0 Å². The van der Waals surface area contributed by atoms with Crippen LogP contribution in [0.15, 0.2) is 28.7 Å². The van der Waals surface area contributed by atoms with E-state index in [1.807, 2.05) is 24.3 Å². The zero-order chi connectivity index (χ0) is 12.6. The monoisotopic (exact) mass is 372 g/mol. The Morgan fingerprint density at radius 1 is 1.28 bits per heavy atom. The third-order valence-corrected chi connectivity index (χ3v) is 6.12. The van der Waals surface area contributed by atoms with Crippen LogP contribution in [0.25, 0.3) is 0 Å². The van der Waals surface area contributed by atoms with E-state index in [2.05, 4.69) is 31.9 Å². The van der Waals surface area contributed by atoms with Gasteiger partial charge in [0.05, 0.1) is 6.61 Å². The Balaban J connectivity index is 1.52. The van der Waals surface area contributed by atoms with Crippen molar-refractivity contribution in [2.75, 3.05) is 11.9 Å². The summed E-state index contributed by atoms with van der Waals surface area (Å²) in [5, 5.41) is 1.13. The molecule has 0 spiro atoms. The number of hydrogen-bond donors (Lipinski definition) is 0. The van der Waals surface area contributed by atoms with Gasteiger partial charge in [-0.25, -0.2) is 0 Å². The molecule has 2 atom stereocenters. The molecule has 98 valence electrons. The maximum Gasteiger partial charge on any atom is 0.120 e. The zero-order valence-corrected chi connectivity index (χ0v) is 13.5. The summed E-state index contributed by atoms with van der Waals surface area (Å²) >= 11 is 7.19. The molecule has 18 heavy (non-hydrogen) atoms. The Morgan fingerprint density at radius 2 is 2.06 bits per heavy atom. The normalized spacial score (nSPS) is 33.2. The van der Waals surface area contributed by atoms with Crippen LogP contribution in [0.4, 0.5) is 0 Å². The molecular formula is C15H18Br2O. The SMILES string of the molecule is BrCC1(CCOc2cccc(Br)c2)CC2CC2C1. The number of fused-ring (bicyclic) bond motifs is 1. The lowest BCUT2D eigenvalue weighted by molar-refractivity contribution is 0.207. The van der Waals surface area contributed by atoms with Gasteiger partial charge in [0, 0.05) is 9.80 Å². The third kappa shape index (κ3) is 2.77. The van der Waals surface area contributed by atoms with Crippen molar-refractivity contribution in [1.82, 2.24) is 0 Å². The van der Waals surface area contributed by atoms with Crippen molar-refractivity contribution >= 4 is 31.9 Å². The van der Waals surface area contributed by atoms with E-state index in [0.717, 1.165) is 34.0 Å². The first-order valence-corrected chi connectivity index (χ1v) is 8.57. The maximum absolute atomic E-state index is 5.87. The molecule has 0 saturated heterocycles. The van der Waals surface area contributed by atoms with E-state index in [9.17, 15) is 0 Å². The molecule has 0 heterocycles. The fourth-order valence-corrected chi connectivity index (χ4v) is 4.44. The third-order valence-electron chi connectivity index (χ3n) is 4.44. The first kappa shape index (κ1) is 13.0. The minimum atomic E-state index is 0.513. The van der Waals surface area contributed by atoms with Crippen LogP contribution in [0.3, 0.4) is 0 Å². The molecule has 0 aliphatic heterocycles. The first-order valence-electron chi connectivity index (χ1n) is 6.65. The average molecular weight is 374 g/mol. The average Bonchev–Trinajstić information content (AvgIpc) is 2.98. The van der Waals surface area contributed by atoms with Gasteiger partial charge in [-0.3, -0.25) is 0 Å². The van der Waals surface area contributed by atoms with Crippen molar-refractivity contribution in [3.05, 3.63) is 28.7 Å². The van der Waals surface area contributed by atoms with Crippen molar-refractivity contribution in [2.24, 2.45) is 17.3 Å². The van der Waals surface area contributed by atoms with E-state index in [-0.39, 0.29) is 0 Å². The van der Waals surface area contributed by atoms with Gasteiger partial charge in [0.1, 0.15) is 5.75 Å². The lowest BCUT2D eigenvalue weighted by Gasteiger charge is -2.28. The van der Waals surface area contributed by atoms with Crippen LogP contribution in [0.2, 0.25) is 0 Å². The Kier molecular flexibility index (Phi) is 3.72. The highest BCUT2D eigenvalue weighted by Gasteiger charge is 2.52. The van der Waals surface area contributed by atoms with Crippen LogP contribution >= 0.6 is 31.9 Å². The predicted octanol–water partition coefficient (Wildman–Crippen LogP) is 5.03. The summed E-state index contributed by atoms with van der Waals surface area (Å²) < 4.78 is 6.96. The molecule has 2 unspecified atom stereocenters. The fourth-order valence-electron chi connectivity index (χ4n) is 3.33. The van der Waals surface area contributed by atoms with Gasteiger partial charge in [0.2, 0.25) is 0 Å². The highest BCUT2D eigenvalue weighted by molar-refractivity contribution is 9.10. The molecule has 2 aliphatic rings. The summed E-state index contributed by atoms with van der Waals surface area (Å²) in [5.74, 6) is 3.04. The largest absolute Gasteiger partial charge is 0.494 e. The molecule has 0 aromatic heterocycles. The first-order chi connectivity index (χ1) is 8.71. The number of benzene rings is 1. The van der Waals surface area contributed by atoms with Gasteiger partial charge in [-0.15, -0.1) is 0 Å². The maximum atomic E-state index is 5.87. The molecule has 2 saturated carbocycles. The summed E-state index contributed by atoms with van der Waals surface area (Å²) in [4.78, 5) is 0. The molecule has 2 aliphatic carbocycles. The van der Waals surface area contributed by atoms with Gasteiger partial charge in [-0.1, -0.05) is 37.9 Å². The second-order valence-electron chi connectivity index (χ2n) is 5.85. The molecule has 0 radical (unpaired) electrons. The Morgan fingerprint density at radius 3 is 2.72 bits per heavy atom. The molecule has 0 N–H and O–H groups in total. The van der Waals surface area contributed by atoms with Crippen molar-refractivity contribution in [2.45, 2.75) is 25.7 Å². The minimum absolute atomic E-state index is 0.513. The van der Waals surface area contributed by atoms with Crippen molar-refractivity contribution in [1.29, 1.82) is 0 Å². The van der Waals surface area contributed by atoms with Crippen LogP contribution in [-0.2, 0) is 0 Å². The van der Waals surface area contributed by atoms with E-state index < -0.39 is 0 Å². The standard InChI is InChI=1S/C15H18Br2O/c16-10-15(8-11-6-12(11)9-15)4-5-18-14-3-1-2-13(17)7-14/h1-3,7,11-12H,4-6,8-10H2. The summed E-state index contributed by atoms with van der Waals surface area (Å²) in [6.45, 7) is 0.835. The summed E-state index contributed by atoms with van der Waals surface area (Å²) in [6.07, 6.45) is 5.48. The lowest BCUT2D eigenvalue weighted by atomic mass is 9.82. The molecule has 0 bridgehead atoms. The van der Waals surface area contributed by atoms with E-state index in [1.54, 1.807) is 0 Å². The van der Waals surface area contributed by atoms with Crippen LogP contribution in [0.5, 0.6) is 5.75 Å². The van der Waals surface area contributed by atoms with Crippen LogP contribution in [0, 0.1) is 17.3 Å². The highest BCUT2D eigenvalue weighted by atomic mass is 79.9. The molecule has 1 aromatic rings. The smallest absolute Gasteiger partial charge is 0.120 e. The summed E-state index contributed by atoms with van der Waals surface area (Å²) in [6, 6.07) is 8.10. The number of alkyl halides is 1. The Labute approximate surface area is 126 Å². The van der Waals surface area contributed by atoms with E-state index in [1.165, 1.54) is 25.7 Å². The van der Waals surface area contributed by atoms with Gasteiger partial charge >= 0.3 is 0 Å². The van der Waals surface area contributed by atoms with Crippen LogP contribution < -0.4 is 4.74 Å². The molecule has 1 nitrogen and oxygen atoms in total. The topological polar surface area (TPSA) is 9.23 Å². The minimum Gasteiger partial charge on any atom is -0.494 e. The second kappa shape index (κ2) is 5.16. The Hall–Kier alpha value is -0.0200. The molecule has 3 rings (SSSR count).